The molecule has 0 aliphatic rings. The van der Waals surface area contributed by atoms with Crippen molar-refractivity contribution in [2.24, 2.45) is 0 Å². The highest BCUT2D eigenvalue weighted by molar-refractivity contribution is 5.76. The van der Waals surface area contributed by atoms with Gasteiger partial charge in [-0.1, -0.05) is 24.3 Å². The maximum atomic E-state index is 13.2. The summed E-state index contributed by atoms with van der Waals surface area (Å²) in [5, 5.41) is 10.6. The first-order valence-electron chi connectivity index (χ1n) is 6.53. The highest BCUT2D eigenvalue weighted by atomic mass is 19.1. The van der Waals surface area contributed by atoms with Crippen LogP contribution in [0.3, 0.4) is 0 Å². The largest absolute Gasteiger partial charge is 0.387 e. The third-order valence-electron chi connectivity index (χ3n) is 3.33. The van der Waals surface area contributed by atoms with Crippen LogP contribution in [0.1, 0.15) is 11.7 Å². The summed E-state index contributed by atoms with van der Waals surface area (Å²) in [5.74, 6) is -0.421. The first kappa shape index (κ1) is 13.5. The summed E-state index contributed by atoms with van der Waals surface area (Å²) in [4.78, 5) is 16.5. The number of halogens is 1. The summed E-state index contributed by atoms with van der Waals surface area (Å²) in [6, 6.07) is 12.7. The zero-order chi connectivity index (χ0) is 14.8. The van der Waals surface area contributed by atoms with Crippen LogP contribution in [0.4, 0.5) is 4.39 Å². The van der Waals surface area contributed by atoms with Crippen molar-refractivity contribution >= 4 is 10.9 Å². The Bertz CT molecular complexity index is 845. The van der Waals surface area contributed by atoms with Gasteiger partial charge < -0.3 is 5.11 Å². The Morgan fingerprint density at radius 2 is 2.00 bits per heavy atom. The molecule has 1 aromatic heterocycles. The lowest BCUT2D eigenvalue weighted by atomic mass is 10.1. The van der Waals surface area contributed by atoms with Gasteiger partial charge >= 0.3 is 0 Å². The normalized spacial score (nSPS) is 12.5. The van der Waals surface area contributed by atoms with Crippen LogP contribution < -0.4 is 5.56 Å². The molecule has 0 fully saturated rings. The fourth-order valence-corrected chi connectivity index (χ4v) is 2.24. The number of para-hydroxylation sites is 1. The van der Waals surface area contributed by atoms with E-state index in [1.54, 1.807) is 30.3 Å². The Morgan fingerprint density at radius 1 is 1.19 bits per heavy atom. The first-order valence-corrected chi connectivity index (χ1v) is 6.53. The zero-order valence-corrected chi connectivity index (χ0v) is 11.1. The predicted octanol–water partition coefficient (Wildman–Crippen LogP) is 2.27. The molecule has 5 heteroatoms. The second-order valence-electron chi connectivity index (χ2n) is 4.79. The van der Waals surface area contributed by atoms with Gasteiger partial charge in [-0.25, -0.2) is 9.37 Å². The molecule has 0 unspecified atom stereocenters. The number of fused-ring (bicyclic) bond motifs is 1. The first-order chi connectivity index (χ1) is 10.1. The van der Waals surface area contributed by atoms with E-state index in [0.717, 1.165) is 0 Å². The van der Waals surface area contributed by atoms with Gasteiger partial charge in [-0.15, -0.1) is 0 Å². The van der Waals surface area contributed by atoms with E-state index in [1.165, 1.54) is 29.1 Å². The van der Waals surface area contributed by atoms with E-state index in [9.17, 15) is 14.3 Å². The summed E-state index contributed by atoms with van der Waals surface area (Å²) in [6.07, 6.45) is 0.425. The molecule has 0 spiro atoms. The van der Waals surface area contributed by atoms with Gasteiger partial charge in [-0.3, -0.25) is 9.36 Å². The predicted molar refractivity (Wildman–Crippen MR) is 77.4 cm³/mol. The standard InChI is InChI=1S/C16H13FN2O2/c17-12-5-3-4-11(8-12)15(20)9-19-10-18-14-7-2-1-6-13(14)16(19)21/h1-8,10,15,20H,9H2/t15-/m0/s1. The van der Waals surface area contributed by atoms with Crippen molar-refractivity contribution in [1.82, 2.24) is 9.55 Å². The Morgan fingerprint density at radius 3 is 2.81 bits per heavy atom. The Kier molecular flexibility index (Phi) is 3.50. The van der Waals surface area contributed by atoms with Crippen LogP contribution in [0.25, 0.3) is 10.9 Å². The minimum Gasteiger partial charge on any atom is -0.387 e. The van der Waals surface area contributed by atoms with Crippen molar-refractivity contribution in [2.45, 2.75) is 12.6 Å². The third-order valence-corrected chi connectivity index (χ3v) is 3.33. The summed E-state index contributed by atoms with van der Waals surface area (Å²) < 4.78 is 14.5. The maximum absolute atomic E-state index is 13.2. The Labute approximate surface area is 120 Å². The lowest BCUT2D eigenvalue weighted by Crippen LogP contribution is -2.23. The number of aliphatic hydroxyl groups is 1. The number of aliphatic hydroxyl groups excluding tert-OH is 1. The molecule has 0 bridgehead atoms. The van der Waals surface area contributed by atoms with Crippen LogP contribution >= 0.6 is 0 Å². The van der Waals surface area contributed by atoms with Gasteiger partial charge in [-0.2, -0.15) is 0 Å². The number of hydrogen-bond donors (Lipinski definition) is 1. The van der Waals surface area contributed by atoms with Crippen molar-refractivity contribution in [3.05, 3.63) is 76.6 Å². The highest BCUT2D eigenvalue weighted by Crippen LogP contribution is 2.15. The van der Waals surface area contributed by atoms with Gasteiger partial charge in [0.25, 0.3) is 5.56 Å². The van der Waals surface area contributed by atoms with Crippen molar-refractivity contribution in [3.8, 4) is 0 Å². The minimum atomic E-state index is -0.971. The average Bonchev–Trinajstić information content (AvgIpc) is 2.50. The van der Waals surface area contributed by atoms with E-state index >= 15 is 0 Å². The topological polar surface area (TPSA) is 55.1 Å². The molecule has 3 rings (SSSR count). The molecule has 21 heavy (non-hydrogen) atoms. The van der Waals surface area contributed by atoms with Gasteiger partial charge in [0.15, 0.2) is 0 Å². The van der Waals surface area contributed by atoms with E-state index in [-0.39, 0.29) is 12.1 Å². The summed E-state index contributed by atoms with van der Waals surface area (Å²) in [7, 11) is 0. The van der Waals surface area contributed by atoms with Gasteiger partial charge in [0, 0.05) is 0 Å². The lowest BCUT2D eigenvalue weighted by Gasteiger charge is -2.13. The van der Waals surface area contributed by atoms with Crippen LogP contribution in [0.5, 0.6) is 0 Å². The maximum Gasteiger partial charge on any atom is 0.261 e. The fourth-order valence-electron chi connectivity index (χ4n) is 2.24. The van der Waals surface area contributed by atoms with Gasteiger partial charge in [-0.05, 0) is 29.8 Å². The molecule has 4 nitrogen and oxygen atoms in total. The van der Waals surface area contributed by atoms with Crippen molar-refractivity contribution in [2.75, 3.05) is 0 Å². The SMILES string of the molecule is O=c1c2ccccc2ncn1C[C@H](O)c1cccc(F)c1. The van der Waals surface area contributed by atoms with E-state index in [4.69, 9.17) is 0 Å². The number of benzene rings is 2. The number of hydrogen-bond acceptors (Lipinski definition) is 3. The van der Waals surface area contributed by atoms with Crippen LogP contribution in [0, 0.1) is 5.82 Å². The molecule has 1 N–H and O–H groups in total. The van der Waals surface area contributed by atoms with Crippen LogP contribution in [0.15, 0.2) is 59.7 Å². The molecule has 2 aromatic carbocycles. The number of aromatic nitrogens is 2. The van der Waals surface area contributed by atoms with Crippen LogP contribution in [-0.2, 0) is 6.54 Å². The molecular formula is C16H13FN2O2. The van der Waals surface area contributed by atoms with E-state index in [1.807, 2.05) is 0 Å². The highest BCUT2D eigenvalue weighted by Gasteiger charge is 2.11. The summed E-state index contributed by atoms with van der Waals surface area (Å²) >= 11 is 0. The van der Waals surface area contributed by atoms with Gasteiger partial charge in [0.2, 0.25) is 0 Å². The van der Waals surface area contributed by atoms with E-state index < -0.39 is 11.9 Å². The molecule has 0 saturated heterocycles. The molecule has 1 heterocycles. The van der Waals surface area contributed by atoms with Crippen molar-refractivity contribution in [1.29, 1.82) is 0 Å². The molecule has 0 aliphatic carbocycles. The van der Waals surface area contributed by atoms with Crippen molar-refractivity contribution < 1.29 is 9.50 Å². The van der Waals surface area contributed by atoms with Gasteiger partial charge in [0.05, 0.1) is 29.9 Å². The van der Waals surface area contributed by atoms with E-state index in [0.29, 0.717) is 16.5 Å². The summed E-state index contributed by atoms with van der Waals surface area (Å²) in [6.45, 7) is 0.0279. The second-order valence-corrected chi connectivity index (χ2v) is 4.79. The molecule has 0 amide bonds. The van der Waals surface area contributed by atoms with Crippen LogP contribution in [0.2, 0.25) is 0 Å². The smallest absolute Gasteiger partial charge is 0.261 e. The average molecular weight is 284 g/mol. The third kappa shape index (κ3) is 2.68. The molecule has 0 aliphatic heterocycles. The molecule has 0 saturated carbocycles. The zero-order valence-electron chi connectivity index (χ0n) is 11.1. The van der Waals surface area contributed by atoms with Gasteiger partial charge in [0.1, 0.15) is 5.82 Å². The minimum absolute atomic E-state index is 0.0279. The summed E-state index contributed by atoms with van der Waals surface area (Å²) in [5.41, 5.74) is 0.810. The molecule has 106 valence electrons. The number of rotatable bonds is 3. The molecular weight excluding hydrogens is 271 g/mol. The Balaban J connectivity index is 1.95. The second kappa shape index (κ2) is 5.46. The van der Waals surface area contributed by atoms with E-state index in [2.05, 4.69) is 4.98 Å². The Hall–Kier alpha value is -2.53. The molecule has 3 aromatic rings. The molecule has 0 radical (unpaired) electrons. The lowest BCUT2D eigenvalue weighted by molar-refractivity contribution is 0.154. The number of nitrogens with zero attached hydrogens (tertiary/aromatic N) is 2. The quantitative estimate of drug-likeness (QED) is 0.802. The molecule has 1 atom stereocenters. The fraction of sp³-hybridized carbons (Fsp3) is 0.125. The monoisotopic (exact) mass is 284 g/mol. The van der Waals surface area contributed by atoms with Crippen molar-refractivity contribution in [3.63, 3.8) is 0 Å². The van der Waals surface area contributed by atoms with Crippen LogP contribution in [-0.4, -0.2) is 14.7 Å².